The predicted molar refractivity (Wildman–Crippen MR) is 113 cm³/mol. The van der Waals surface area contributed by atoms with Crippen LogP contribution in [0.25, 0.3) is 32.4 Å². The van der Waals surface area contributed by atoms with Gasteiger partial charge in [-0.15, -0.1) is 11.3 Å². The van der Waals surface area contributed by atoms with Gasteiger partial charge in [-0.25, -0.2) is 15.0 Å². The second kappa shape index (κ2) is 7.83. The standard InChI is InChI=1S/C20H14Cl2N4OS/c1-11(27)6-13-8-17(26-10-25-13)18-9-15(14-3-2-12(21)7-16(14)22)19(28-18)20-23-4-5-24-20/h2-5,7-10H,6H2,1H3,(H,23,24). The Kier molecular flexibility index (Phi) is 5.26. The molecule has 28 heavy (non-hydrogen) atoms. The molecule has 3 heterocycles. The molecule has 3 aromatic heterocycles. The zero-order valence-corrected chi connectivity index (χ0v) is 17.1. The number of nitrogens with one attached hydrogen (secondary N) is 1. The number of rotatable bonds is 5. The van der Waals surface area contributed by atoms with E-state index in [0.717, 1.165) is 32.4 Å². The minimum absolute atomic E-state index is 0.0562. The van der Waals surface area contributed by atoms with Gasteiger partial charge < -0.3 is 4.98 Å². The maximum atomic E-state index is 11.4. The van der Waals surface area contributed by atoms with Gasteiger partial charge in [0.25, 0.3) is 0 Å². The molecular weight excluding hydrogens is 415 g/mol. The quantitative estimate of drug-likeness (QED) is 0.442. The molecule has 0 bridgehead atoms. The van der Waals surface area contributed by atoms with Crippen LogP contribution in [-0.4, -0.2) is 25.7 Å². The lowest BCUT2D eigenvalue weighted by Gasteiger charge is -2.05. The predicted octanol–water partition coefficient (Wildman–Crippen LogP) is 5.70. The third-order valence-corrected chi connectivity index (χ3v) is 5.78. The number of hydrogen-bond donors (Lipinski definition) is 1. The lowest BCUT2D eigenvalue weighted by molar-refractivity contribution is -0.116. The van der Waals surface area contributed by atoms with Crippen molar-refractivity contribution >= 4 is 40.3 Å². The Morgan fingerprint density at radius 2 is 1.96 bits per heavy atom. The van der Waals surface area contributed by atoms with Crippen LogP contribution in [-0.2, 0) is 11.2 Å². The Labute approximate surface area is 175 Å². The van der Waals surface area contributed by atoms with Gasteiger partial charge in [0, 0.05) is 40.0 Å². The molecule has 5 nitrogen and oxygen atoms in total. The number of carbonyl (C=O) groups is 1. The molecule has 0 radical (unpaired) electrons. The number of aromatic nitrogens is 4. The second-order valence-electron chi connectivity index (χ2n) is 6.19. The summed E-state index contributed by atoms with van der Waals surface area (Å²) in [5, 5.41) is 1.14. The van der Waals surface area contributed by atoms with Gasteiger partial charge in [0.2, 0.25) is 0 Å². The molecule has 4 aromatic rings. The zero-order chi connectivity index (χ0) is 19.7. The summed E-state index contributed by atoms with van der Waals surface area (Å²) >= 11 is 14.1. The van der Waals surface area contributed by atoms with Crippen molar-refractivity contribution in [3.8, 4) is 32.4 Å². The average molecular weight is 429 g/mol. The zero-order valence-electron chi connectivity index (χ0n) is 14.7. The van der Waals surface area contributed by atoms with E-state index in [4.69, 9.17) is 23.2 Å². The average Bonchev–Trinajstić information content (AvgIpc) is 3.31. The third kappa shape index (κ3) is 3.85. The van der Waals surface area contributed by atoms with Crippen LogP contribution < -0.4 is 0 Å². The molecular formula is C20H14Cl2N4OS. The van der Waals surface area contributed by atoms with Crippen LogP contribution >= 0.6 is 34.5 Å². The topological polar surface area (TPSA) is 71.5 Å². The Hall–Kier alpha value is -2.54. The number of thiophene rings is 1. The first-order valence-electron chi connectivity index (χ1n) is 8.41. The van der Waals surface area contributed by atoms with Crippen molar-refractivity contribution in [2.45, 2.75) is 13.3 Å². The maximum Gasteiger partial charge on any atom is 0.148 e. The normalized spacial score (nSPS) is 11.0. The summed E-state index contributed by atoms with van der Waals surface area (Å²) in [4.78, 5) is 29.4. The van der Waals surface area contributed by atoms with Crippen LogP contribution in [0, 0.1) is 0 Å². The molecule has 4 rings (SSSR count). The molecule has 0 saturated heterocycles. The highest BCUT2D eigenvalue weighted by atomic mass is 35.5. The van der Waals surface area contributed by atoms with Crippen LogP contribution in [0.2, 0.25) is 10.0 Å². The lowest BCUT2D eigenvalue weighted by Crippen LogP contribution is -1.99. The number of halogens is 2. The van der Waals surface area contributed by atoms with E-state index in [-0.39, 0.29) is 12.2 Å². The summed E-state index contributed by atoms with van der Waals surface area (Å²) in [6, 6.07) is 9.28. The molecule has 0 fully saturated rings. The van der Waals surface area contributed by atoms with E-state index in [9.17, 15) is 4.79 Å². The van der Waals surface area contributed by atoms with E-state index >= 15 is 0 Å². The highest BCUT2D eigenvalue weighted by Crippen LogP contribution is 2.44. The Morgan fingerprint density at radius 3 is 2.68 bits per heavy atom. The number of imidazole rings is 1. The number of carbonyl (C=O) groups excluding carboxylic acids is 1. The number of Topliss-reactive ketones (excluding diaryl/α,β-unsaturated/α-hetero) is 1. The summed E-state index contributed by atoms with van der Waals surface area (Å²) < 4.78 is 0. The van der Waals surface area contributed by atoms with Gasteiger partial charge in [0.15, 0.2) is 0 Å². The van der Waals surface area contributed by atoms with E-state index in [1.807, 2.05) is 24.3 Å². The van der Waals surface area contributed by atoms with Gasteiger partial charge in [-0.05, 0) is 31.2 Å². The van der Waals surface area contributed by atoms with Crippen molar-refractivity contribution in [3.05, 3.63) is 64.8 Å². The summed E-state index contributed by atoms with van der Waals surface area (Å²) in [5.74, 6) is 0.802. The first-order valence-corrected chi connectivity index (χ1v) is 9.98. The Balaban J connectivity index is 1.86. The molecule has 0 aliphatic heterocycles. The van der Waals surface area contributed by atoms with E-state index in [0.29, 0.717) is 15.7 Å². The molecule has 0 amide bonds. The van der Waals surface area contributed by atoms with Gasteiger partial charge in [0.1, 0.15) is 17.9 Å². The van der Waals surface area contributed by atoms with Crippen molar-refractivity contribution in [1.82, 2.24) is 19.9 Å². The third-order valence-electron chi connectivity index (χ3n) is 4.07. The number of H-pyrrole nitrogens is 1. The minimum atomic E-state index is 0.0562. The fourth-order valence-electron chi connectivity index (χ4n) is 2.87. The monoisotopic (exact) mass is 428 g/mol. The molecule has 0 unspecified atom stereocenters. The lowest BCUT2D eigenvalue weighted by atomic mass is 10.1. The minimum Gasteiger partial charge on any atom is -0.344 e. The van der Waals surface area contributed by atoms with Gasteiger partial charge in [-0.1, -0.05) is 29.3 Å². The summed E-state index contributed by atoms with van der Waals surface area (Å²) in [7, 11) is 0. The van der Waals surface area contributed by atoms with Crippen LogP contribution in [0.4, 0.5) is 0 Å². The number of aromatic amines is 1. The Bertz CT molecular complexity index is 1150. The van der Waals surface area contributed by atoms with Gasteiger partial charge in [0.05, 0.1) is 21.1 Å². The van der Waals surface area contributed by atoms with E-state index in [1.165, 1.54) is 6.33 Å². The molecule has 140 valence electrons. The number of benzene rings is 1. The van der Waals surface area contributed by atoms with Gasteiger partial charge in [-0.3, -0.25) is 4.79 Å². The van der Waals surface area contributed by atoms with E-state index in [1.54, 1.807) is 36.7 Å². The number of ketones is 1. The highest BCUT2D eigenvalue weighted by molar-refractivity contribution is 7.19. The maximum absolute atomic E-state index is 11.4. The van der Waals surface area contributed by atoms with Crippen LogP contribution in [0.1, 0.15) is 12.6 Å². The highest BCUT2D eigenvalue weighted by Gasteiger charge is 2.19. The smallest absolute Gasteiger partial charge is 0.148 e. The molecule has 8 heteroatoms. The van der Waals surface area contributed by atoms with Crippen molar-refractivity contribution in [3.63, 3.8) is 0 Å². The number of hydrogen-bond acceptors (Lipinski definition) is 5. The van der Waals surface area contributed by atoms with Crippen molar-refractivity contribution in [2.24, 2.45) is 0 Å². The Morgan fingerprint density at radius 1 is 1.11 bits per heavy atom. The van der Waals surface area contributed by atoms with Crippen molar-refractivity contribution in [1.29, 1.82) is 0 Å². The van der Waals surface area contributed by atoms with Crippen LogP contribution in [0.5, 0.6) is 0 Å². The SMILES string of the molecule is CC(=O)Cc1cc(-c2cc(-c3ccc(Cl)cc3Cl)c(-c3ncc[nH]3)s2)ncn1. The first-order chi connectivity index (χ1) is 13.5. The van der Waals surface area contributed by atoms with E-state index < -0.39 is 0 Å². The number of nitrogens with zero attached hydrogens (tertiary/aromatic N) is 3. The molecule has 0 spiro atoms. The van der Waals surface area contributed by atoms with Crippen molar-refractivity contribution < 1.29 is 4.79 Å². The molecule has 0 aliphatic rings. The van der Waals surface area contributed by atoms with Crippen LogP contribution in [0.3, 0.4) is 0 Å². The molecule has 0 aliphatic carbocycles. The first kappa shape index (κ1) is 18.8. The molecule has 0 saturated carbocycles. The summed E-state index contributed by atoms with van der Waals surface area (Å²) in [6.45, 7) is 1.54. The molecule has 1 aromatic carbocycles. The van der Waals surface area contributed by atoms with Gasteiger partial charge >= 0.3 is 0 Å². The second-order valence-corrected chi connectivity index (χ2v) is 8.08. The molecule has 0 atom stereocenters. The molecule has 1 N–H and O–H groups in total. The summed E-state index contributed by atoms with van der Waals surface area (Å²) in [6.07, 6.45) is 5.24. The van der Waals surface area contributed by atoms with E-state index in [2.05, 4.69) is 19.9 Å². The fourth-order valence-corrected chi connectivity index (χ4v) is 4.48. The largest absolute Gasteiger partial charge is 0.344 e. The fraction of sp³-hybridized carbons (Fsp3) is 0.100. The van der Waals surface area contributed by atoms with Crippen molar-refractivity contribution in [2.75, 3.05) is 0 Å². The summed E-state index contributed by atoms with van der Waals surface area (Å²) in [5.41, 5.74) is 3.23. The van der Waals surface area contributed by atoms with Gasteiger partial charge in [-0.2, -0.15) is 0 Å². The van der Waals surface area contributed by atoms with Crippen LogP contribution in [0.15, 0.2) is 49.1 Å².